The van der Waals surface area contributed by atoms with Crippen LogP contribution in [0.4, 0.5) is 4.39 Å². The summed E-state index contributed by atoms with van der Waals surface area (Å²) in [5.74, 6) is 1.54. The number of aromatic nitrogens is 2. The van der Waals surface area contributed by atoms with Gasteiger partial charge in [0.15, 0.2) is 5.69 Å². The standard InChI is InChI=1S/C28H35FN4O5/c1-17(2)26-24(14-13-22(34)15-23(35)16-25(36)38-30)33(21-11-9-20(29)10-12-21)32-27(26)28(37)31-18(3)19-7-5-4-6-8-19/h4-12,17-18,22-23,34-35H,13-16H2,1-3,30H3/p+1. The van der Waals surface area contributed by atoms with Crippen LogP contribution < -0.4 is 11.2 Å². The van der Waals surface area contributed by atoms with Crippen LogP contribution in [0.15, 0.2) is 54.6 Å². The van der Waals surface area contributed by atoms with Gasteiger partial charge in [-0.3, -0.25) is 9.63 Å². The average Bonchev–Trinajstić information content (AvgIpc) is 3.28. The minimum Gasteiger partial charge on any atom is -0.393 e. The second-order valence-electron chi connectivity index (χ2n) is 9.66. The average molecular weight is 528 g/mol. The molecule has 0 spiro atoms. The molecule has 38 heavy (non-hydrogen) atoms. The first-order valence-corrected chi connectivity index (χ1v) is 12.6. The first kappa shape index (κ1) is 29.0. The number of amides is 1. The van der Waals surface area contributed by atoms with Crippen LogP contribution in [0, 0.1) is 5.82 Å². The topological polar surface area (TPSA) is 141 Å². The summed E-state index contributed by atoms with van der Waals surface area (Å²) >= 11 is 0. The maximum absolute atomic E-state index is 13.7. The Morgan fingerprint density at radius 1 is 1.05 bits per heavy atom. The normalized spacial score (nSPS) is 13.7. The summed E-state index contributed by atoms with van der Waals surface area (Å²) in [6.45, 7) is 5.81. The van der Waals surface area contributed by atoms with Crippen molar-refractivity contribution in [3.05, 3.63) is 82.9 Å². The van der Waals surface area contributed by atoms with Crippen LogP contribution in [0.3, 0.4) is 0 Å². The van der Waals surface area contributed by atoms with Crippen LogP contribution in [0.2, 0.25) is 0 Å². The summed E-state index contributed by atoms with van der Waals surface area (Å²) in [6, 6.07) is 15.1. The minimum absolute atomic E-state index is 0.0290. The van der Waals surface area contributed by atoms with Crippen molar-refractivity contribution in [3.8, 4) is 5.69 Å². The number of halogens is 1. The molecule has 1 aromatic heterocycles. The Hall–Kier alpha value is -3.60. The molecule has 0 aliphatic carbocycles. The van der Waals surface area contributed by atoms with Crippen LogP contribution in [0.1, 0.15) is 79.3 Å². The fraction of sp³-hybridized carbons (Fsp3) is 0.393. The summed E-state index contributed by atoms with van der Waals surface area (Å²) in [4.78, 5) is 29.1. The van der Waals surface area contributed by atoms with Gasteiger partial charge in [-0.05, 0) is 61.9 Å². The highest BCUT2D eigenvalue weighted by atomic mass is 19.1. The highest BCUT2D eigenvalue weighted by molar-refractivity contribution is 5.94. The van der Waals surface area contributed by atoms with Gasteiger partial charge in [-0.25, -0.2) is 13.9 Å². The highest BCUT2D eigenvalue weighted by Crippen LogP contribution is 2.29. The molecule has 0 fully saturated rings. The van der Waals surface area contributed by atoms with Gasteiger partial charge in [0.2, 0.25) is 0 Å². The van der Waals surface area contributed by atoms with E-state index in [0.29, 0.717) is 17.8 Å². The van der Waals surface area contributed by atoms with E-state index in [1.54, 1.807) is 16.8 Å². The maximum atomic E-state index is 13.7. The predicted octanol–water partition coefficient (Wildman–Crippen LogP) is 2.76. The number of aliphatic hydroxyl groups excluding tert-OH is 2. The molecule has 0 aliphatic rings. The quantitative estimate of drug-likeness (QED) is 0.267. The molecule has 0 bridgehead atoms. The number of hydrogen-bond acceptors (Lipinski definition) is 6. The van der Waals surface area contributed by atoms with E-state index in [-0.39, 0.29) is 42.8 Å². The second kappa shape index (κ2) is 13.3. The number of carbonyl (C=O) groups excluding carboxylic acids is 2. The Bertz CT molecular complexity index is 1210. The van der Waals surface area contributed by atoms with E-state index in [1.165, 1.54) is 12.1 Å². The first-order chi connectivity index (χ1) is 18.1. The van der Waals surface area contributed by atoms with Gasteiger partial charge in [0, 0.05) is 11.3 Å². The monoisotopic (exact) mass is 527 g/mol. The molecule has 0 saturated carbocycles. The summed E-state index contributed by atoms with van der Waals surface area (Å²) in [7, 11) is 0. The Kier molecular flexibility index (Phi) is 10.1. The number of nitrogens with zero attached hydrogens (tertiary/aromatic N) is 2. The van der Waals surface area contributed by atoms with Crippen molar-refractivity contribution < 1.29 is 34.9 Å². The van der Waals surface area contributed by atoms with E-state index >= 15 is 0 Å². The number of carbonyl (C=O) groups is 2. The molecule has 1 heterocycles. The highest BCUT2D eigenvalue weighted by Gasteiger charge is 2.27. The van der Waals surface area contributed by atoms with Crippen molar-refractivity contribution in [1.29, 1.82) is 0 Å². The molecule has 3 aromatic rings. The maximum Gasteiger partial charge on any atom is 0.368 e. The first-order valence-electron chi connectivity index (χ1n) is 12.6. The van der Waals surface area contributed by atoms with Gasteiger partial charge in [0.05, 0.1) is 30.4 Å². The number of benzene rings is 2. The summed E-state index contributed by atoms with van der Waals surface area (Å²) in [5, 5.41) is 28.3. The number of nitrogens with one attached hydrogen (secondary N) is 1. The van der Waals surface area contributed by atoms with E-state index in [0.717, 1.165) is 11.1 Å². The van der Waals surface area contributed by atoms with Crippen molar-refractivity contribution in [3.63, 3.8) is 0 Å². The van der Waals surface area contributed by atoms with E-state index in [2.05, 4.69) is 21.2 Å². The molecular weight excluding hydrogens is 491 g/mol. The molecule has 204 valence electrons. The molecule has 0 aliphatic heterocycles. The van der Waals surface area contributed by atoms with Gasteiger partial charge in [-0.2, -0.15) is 11.0 Å². The molecule has 0 radical (unpaired) electrons. The van der Waals surface area contributed by atoms with E-state index in [9.17, 15) is 24.2 Å². The van der Waals surface area contributed by atoms with Crippen LogP contribution in [-0.2, 0) is 16.1 Å². The zero-order valence-electron chi connectivity index (χ0n) is 21.9. The molecule has 6 N–H and O–H groups in total. The summed E-state index contributed by atoms with van der Waals surface area (Å²) < 4.78 is 15.3. The molecule has 3 rings (SSSR count). The third-order valence-corrected chi connectivity index (χ3v) is 6.35. The SMILES string of the molecule is CC(C)c1c(C(=O)NC(C)c2ccccc2)nn(-c2ccc(F)cc2)c1CCC(O)CC(O)CC(=O)O[NH3+]. The zero-order chi connectivity index (χ0) is 27.8. The number of hydrogen-bond donors (Lipinski definition) is 4. The molecule has 3 unspecified atom stereocenters. The van der Waals surface area contributed by atoms with Gasteiger partial charge in [0.25, 0.3) is 5.91 Å². The van der Waals surface area contributed by atoms with E-state index in [4.69, 9.17) is 0 Å². The van der Waals surface area contributed by atoms with Crippen molar-refractivity contribution in [2.45, 2.75) is 70.6 Å². The molecule has 0 saturated heterocycles. The predicted molar refractivity (Wildman–Crippen MR) is 138 cm³/mol. The van der Waals surface area contributed by atoms with Gasteiger partial charge in [-0.15, -0.1) is 0 Å². The third-order valence-electron chi connectivity index (χ3n) is 6.35. The Morgan fingerprint density at radius 2 is 1.71 bits per heavy atom. The lowest BCUT2D eigenvalue weighted by molar-refractivity contribution is -0.657. The van der Waals surface area contributed by atoms with Crippen molar-refractivity contribution in [1.82, 2.24) is 15.1 Å². The fourth-order valence-electron chi connectivity index (χ4n) is 4.44. The van der Waals surface area contributed by atoms with Gasteiger partial charge >= 0.3 is 5.97 Å². The number of rotatable bonds is 12. The molecule has 1 amide bonds. The largest absolute Gasteiger partial charge is 0.393 e. The van der Waals surface area contributed by atoms with Crippen LogP contribution in [-0.4, -0.2) is 44.1 Å². The van der Waals surface area contributed by atoms with Gasteiger partial charge in [-0.1, -0.05) is 44.2 Å². The number of quaternary nitrogens is 1. The van der Waals surface area contributed by atoms with Crippen LogP contribution in [0.25, 0.3) is 5.69 Å². The minimum atomic E-state index is -1.08. The van der Waals surface area contributed by atoms with Crippen molar-refractivity contribution >= 4 is 11.9 Å². The van der Waals surface area contributed by atoms with Crippen LogP contribution >= 0.6 is 0 Å². The van der Waals surface area contributed by atoms with Crippen molar-refractivity contribution in [2.24, 2.45) is 0 Å². The smallest absolute Gasteiger partial charge is 0.368 e. The van der Waals surface area contributed by atoms with Crippen LogP contribution in [0.5, 0.6) is 0 Å². The molecular formula is C28H36FN4O5+. The molecule has 2 aromatic carbocycles. The van der Waals surface area contributed by atoms with Gasteiger partial charge in [0.1, 0.15) is 5.82 Å². The third kappa shape index (κ3) is 7.47. The lowest BCUT2D eigenvalue weighted by Gasteiger charge is -2.17. The summed E-state index contributed by atoms with van der Waals surface area (Å²) in [6.07, 6.45) is -1.73. The molecule has 3 atom stereocenters. The second-order valence-corrected chi connectivity index (χ2v) is 9.66. The zero-order valence-corrected chi connectivity index (χ0v) is 21.9. The molecule has 9 nitrogen and oxygen atoms in total. The summed E-state index contributed by atoms with van der Waals surface area (Å²) in [5.41, 5.74) is 3.21. The molecule has 10 heteroatoms. The Labute approximate surface area is 221 Å². The fourth-order valence-corrected chi connectivity index (χ4v) is 4.44. The Morgan fingerprint density at radius 3 is 2.32 bits per heavy atom. The lowest BCUT2D eigenvalue weighted by atomic mass is 9.95. The van der Waals surface area contributed by atoms with Gasteiger partial charge < -0.3 is 15.5 Å². The lowest BCUT2D eigenvalue weighted by Crippen LogP contribution is -2.51. The van der Waals surface area contributed by atoms with Crippen molar-refractivity contribution in [2.75, 3.05) is 0 Å². The Balaban J connectivity index is 1.91. The number of aliphatic hydroxyl groups is 2. The van der Waals surface area contributed by atoms with E-state index in [1.807, 2.05) is 51.1 Å². The van der Waals surface area contributed by atoms with E-state index < -0.39 is 24.0 Å².